The van der Waals surface area contributed by atoms with E-state index in [0.717, 1.165) is 17.5 Å². The molecule has 0 radical (unpaired) electrons. The monoisotopic (exact) mass is 493 g/mol. The lowest BCUT2D eigenvalue weighted by Crippen LogP contribution is -2.61. The zero-order valence-corrected chi connectivity index (χ0v) is 19.7. The molecular weight excluding hydrogens is 456 g/mol. The fourth-order valence-corrected chi connectivity index (χ4v) is 6.60. The fraction of sp³-hybridized carbons (Fsp3) is 0.692. The van der Waals surface area contributed by atoms with Gasteiger partial charge in [-0.2, -0.15) is 0 Å². The van der Waals surface area contributed by atoms with Crippen molar-refractivity contribution in [1.29, 1.82) is 0 Å². The van der Waals surface area contributed by atoms with E-state index in [-0.39, 0.29) is 24.2 Å². The summed E-state index contributed by atoms with van der Waals surface area (Å²) in [7, 11) is 0. The van der Waals surface area contributed by atoms with Gasteiger partial charge < -0.3 is 34.6 Å². The zero-order valence-electron chi connectivity index (χ0n) is 22.7. The number of aryl methyl sites for hydroxylation is 1. The van der Waals surface area contributed by atoms with Crippen molar-refractivity contribution in [3.05, 3.63) is 29.3 Å². The van der Waals surface area contributed by atoms with Gasteiger partial charge in [0.1, 0.15) is 30.1 Å². The SMILES string of the molecule is [2H]C1([2H])C[C@H]2[C@@H]3CCc4cc(O[C@@H]5O[C@H](C(=O)O)[C@@H](O)[C@H](O)[C@H]5O)ccc4[C@H]3CC[C@]2(C)C1([2H])OC(C)=O. The standard InChI is InChI=1S/C26H34O9/c1-12(27)33-19-8-7-18-17-5-3-13-11-14(4-6-15(13)16(17)9-10-26(18,19)2)34-25-22(30)20(28)21(29)23(35-25)24(31)32/h4,6,11,16-23,25,28-30H,3,5,7-10H2,1-2H3,(H,31,32)/t16-,17-,18+,19?,20+,21+,22-,23+,25-,26+/m1/s1/i8D2,19D. The normalized spacial score (nSPS) is 47.2. The van der Waals surface area contributed by atoms with Gasteiger partial charge in [0.2, 0.25) is 6.29 Å². The number of aliphatic hydroxyl groups is 3. The Balaban J connectivity index is 1.37. The first-order valence-corrected chi connectivity index (χ1v) is 12.1. The molecular formula is C26H34O9. The molecule has 1 heterocycles. The number of benzene rings is 1. The first kappa shape index (κ1) is 20.9. The molecule has 1 aliphatic heterocycles. The molecule has 192 valence electrons. The third-order valence-corrected chi connectivity index (χ3v) is 8.40. The van der Waals surface area contributed by atoms with Gasteiger partial charge in [-0.1, -0.05) is 13.0 Å². The van der Waals surface area contributed by atoms with Crippen LogP contribution in [-0.2, 0) is 25.5 Å². The van der Waals surface area contributed by atoms with Crippen LogP contribution < -0.4 is 4.74 Å². The number of fused-ring (bicyclic) bond motifs is 5. The zero-order chi connectivity index (χ0) is 27.8. The molecule has 0 spiro atoms. The molecule has 9 nitrogen and oxygen atoms in total. The summed E-state index contributed by atoms with van der Waals surface area (Å²) in [6.07, 6.45) is -9.59. The molecule has 3 fully saturated rings. The largest absolute Gasteiger partial charge is 0.479 e. The van der Waals surface area contributed by atoms with E-state index in [1.54, 1.807) is 12.1 Å². The first-order valence-electron chi connectivity index (χ1n) is 13.6. The molecule has 5 rings (SSSR count). The van der Waals surface area contributed by atoms with Crippen molar-refractivity contribution < 1.29 is 48.3 Å². The van der Waals surface area contributed by atoms with Gasteiger partial charge in [-0.25, -0.2) is 4.79 Å². The number of carboxylic acids is 1. The molecule has 1 aromatic carbocycles. The first-order chi connectivity index (χ1) is 17.7. The van der Waals surface area contributed by atoms with Gasteiger partial charge in [0, 0.05) is 15.1 Å². The Morgan fingerprint density at radius 3 is 2.66 bits per heavy atom. The number of carboxylic acid groups (broad SMARTS) is 1. The summed E-state index contributed by atoms with van der Waals surface area (Å²) >= 11 is 0. The van der Waals surface area contributed by atoms with E-state index in [2.05, 4.69) is 0 Å². The van der Waals surface area contributed by atoms with Crippen LogP contribution in [0.25, 0.3) is 0 Å². The topological polar surface area (TPSA) is 143 Å². The van der Waals surface area contributed by atoms with E-state index in [4.69, 9.17) is 18.3 Å². The molecule has 10 atom stereocenters. The maximum atomic E-state index is 11.8. The van der Waals surface area contributed by atoms with Crippen molar-refractivity contribution in [2.45, 2.75) is 95.0 Å². The maximum Gasteiger partial charge on any atom is 0.335 e. The minimum atomic E-state index is -1.97. The van der Waals surface area contributed by atoms with Crippen molar-refractivity contribution in [3.63, 3.8) is 0 Å². The maximum absolute atomic E-state index is 11.8. The third-order valence-electron chi connectivity index (χ3n) is 8.40. The molecule has 3 aliphatic carbocycles. The molecule has 35 heavy (non-hydrogen) atoms. The highest BCUT2D eigenvalue weighted by Crippen LogP contribution is 2.61. The smallest absolute Gasteiger partial charge is 0.335 e. The average molecular weight is 494 g/mol. The Hall–Kier alpha value is -2.20. The number of hydrogen-bond donors (Lipinski definition) is 4. The number of carbonyl (C=O) groups excluding carboxylic acids is 1. The number of aliphatic hydroxyl groups excluding tert-OH is 3. The second kappa shape index (κ2) is 9.03. The summed E-state index contributed by atoms with van der Waals surface area (Å²) in [5.41, 5.74) is 1.28. The highest BCUT2D eigenvalue weighted by Gasteiger charge is 2.56. The number of ether oxygens (including phenoxy) is 3. The van der Waals surface area contributed by atoms with Gasteiger partial charge in [0.25, 0.3) is 0 Å². The third kappa shape index (κ3) is 4.12. The van der Waals surface area contributed by atoms with Crippen molar-refractivity contribution in [3.8, 4) is 5.75 Å². The van der Waals surface area contributed by atoms with Gasteiger partial charge in [-0.3, -0.25) is 4.79 Å². The van der Waals surface area contributed by atoms with Crippen LogP contribution in [0.15, 0.2) is 18.2 Å². The highest BCUT2D eigenvalue weighted by atomic mass is 16.7. The van der Waals surface area contributed by atoms with E-state index in [9.17, 15) is 30.0 Å². The quantitative estimate of drug-likeness (QED) is 0.461. The summed E-state index contributed by atoms with van der Waals surface area (Å²) in [5.74, 6) is -1.72. The molecule has 0 amide bonds. The van der Waals surface area contributed by atoms with Gasteiger partial charge in [0.05, 0.1) is 1.37 Å². The number of hydrogen-bond acceptors (Lipinski definition) is 8. The molecule has 0 aromatic heterocycles. The van der Waals surface area contributed by atoms with Crippen molar-refractivity contribution in [1.82, 2.24) is 0 Å². The van der Waals surface area contributed by atoms with Crippen LogP contribution in [0.2, 0.25) is 0 Å². The molecule has 4 aliphatic rings. The van der Waals surface area contributed by atoms with Crippen molar-refractivity contribution >= 4 is 11.9 Å². The Bertz CT molecular complexity index is 1130. The van der Waals surface area contributed by atoms with Crippen LogP contribution in [0.1, 0.15) is 67.1 Å². The predicted molar refractivity (Wildman–Crippen MR) is 122 cm³/mol. The second-order valence-corrected chi connectivity index (χ2v) is 10.4. The van der Waals surface area contributed by atoms with Crippen LogP contribution in [0.5, 0.6) is 5.75 Å². The van der Waals surface area contributed by atoms with Gasteiger partial charge in [-0.05, 0) is 79.5 Å². The van der Waals surface area contributed by atoms with Crippen LogP contribution in [-0.4, -0.2) is 69.2 Å². The Morgan fingerprint density at radius 1 is 1.17 bits per heavy atom. The Labute approximate surface area is 208 Å². The number of rotatable bonds is 4. The van der Waals surface area contributed by atoms with Crippen LogP contribution in [0.4, 0.5) is 0 Å². The lowest BCUT2D eigenvalue weighted by Gasteiger charge is -2.50. The molecule has 2 saturated carbocycles. The summed E-state index contributed by atoms with van der Waals surface area (Å²) in [4.78, 5) is 23.2. The van der Waals surface area contributed by atoms with E-state index < -0.39 is 60.5 Å². The fourth-order valence-electron chi connectivity index (χ4n) is 6.60. The summed E-state index contributed by atoms with van der Waals surface area (Å²) < 4.78 is 42.6. The van der Waals surface area contributed by atoms with Gasteiger partial charge in [-0.15, -0.1) is 0 Å². The van der Waals surface area contributed by atoms with Gasteiger partial charge in [0.15, 0.2) is 6.10 Å². The van der Waals surface area contributed by atoms with Crippen LogP contribution in [0.3, 0.4) is 0 Å². The van der Waals surface area contributed by atoms with E-state index in [1.165, 1.54) is 6.92 Å². The van der Waals surface area contributed by atoms with Crippen molar-refractivity contribution in [2.75, 3.05) is 0 Å². The van der Waals surface area contributed by atoms with E-state index >= 15 is 0 Å². The molecule has 9 heteroatoms. The minimum Gasteiger partial charge on any atom is -0.479 e. The average Bonchev–Trinajstić information content (AvgIpc) is 3.00. The molecule has 4 N–H and O–H groups in total. The summed E-state index contributed by atoms with van der Waals surface area (Å²) in [5, 5.41) is 39.5. The lowest BCUT2D eigenvalue weighted by molar-refractivity contribution is -0.271. The van der Waals surface area contributed by atoms with E-state index in [1.807, 2.05) is 13.0 Å². The van der Waals surface area contributed by atoms with Crippen LogP contribution >= 0.6 is 0 Å². The number of carbonyl (C=O) groups is 2. The predicted octanol–water partition coefficient (Wildman–Crippen LogP) is 1.75. The summed E-state index contributed by atoms with van der Waals surface area (Å²) in [6.45, 7) is 3.10. The van der Waals surface area contributed by atoms with Crippen molar-refractivity contribution in [2.24, 2.45) is 17.3 Å². The second-order valence-electron chi connectivity index (χ2n) is 10.4. The Kier molecular flexibility index (Phi) is 5.40. The van der Waals surface area contributed by atoms with Crippen LogP contribution in [0, 0.1) is 17.3 Å². The lowest BCUT2D eigenvalue weighted by atomic mass is 9.55. The highest BCUT2D eigenvalue weighted by molar-refractivity contribution is 5.73. The number of esters is 1. The summed E-state index contributed by atoms with van der Waals surface area (Å²) in [6, 6.07) is 5.38. The molecule has 1 aromatic rings. The Morgan fingerprint density at radius 2 is 1.94 bits per heavy atom. The minimum absolute atomic E-state index is 0.113. The molecule has 0 bridgehead atoms. The van der Waals surface area contributed by atoms with E-state index in [0.29, 0.717) is 25.0 Å². The number of aliphatic carboxylic acids is 1. The molecule has 1 unspecified atom stereocenters. The van der Waals surface area contributed by atoms with Gasteiger partial charge >= 0.3 is 11.9 Å². The molecule has 1 saturated heterocycles.